The minimum absolute atomic E-state index is 0.115. The average molecular weight is 286 g/mol. The van der Waals surface area contributed by atoms with E-state index in [1.165, 1.54) is 0 Å². The monoisotopic (exact) mass is 285 g/mol. The molecule has 90 valence electrons. The van der Waals surface area contributed by atoms with Crippen LogP contribution in [0, 0.1) is 5.92 Å². The van der Waals surface area contributed by atoms with Gasteiger partial charge >= 0.3 is 0 Å². The maximum absolute atomic E-state index is 6.14. The first kappa shape index (κ1) is 13.5. The molecule has 0 spiro atoms. The first-order valence-electron chi connectivity index (χ1n) is 5.63. The number of hydrogen-bond donors (Lipinski definition) is 1. The molecule has 1 atom stereocenters. The van der Waals surface area contributed by atoms with Crippen LogP contribution < -0.4 is 10.5 Å². The molecule has 0 saturated heterocycles. The van der Waals surface area contributed by atoms with Crippen LogP contribution in [0.2, 0.25) is 0 Å². The van der Waals surface area contributed by atoms with Crippen molar-refractivity contribution in [3.05, 3.63) is 28.2 Å². The van der Waals surface area contributed by atoms with Crippen LogP contribution in [0.4, 0.5) is 0 Å². The summed E-state index contributed by atoms with van der Waals surface area (Å²) in [6, 6.07) is 6.15. The van der Waals surface area contributed by atoms with Crippen molar-refractivity contribution in [3.63, 3.8) is 0 Å². The summed E-state index contributed by atoms with van der Waals surface area (Å²) in [6.45, 7) is 4.44. The molecule has 3 heteroatoms. The molecular formula is C13H20BrNO. The van der Waals surface area contributed by atoms with E-state index in [0.717, 1.165) is 28.6 Å². The van der Waals surface area contributed by atoms with Gasteiger partial charge < -0.3 is 10.5 Å². The molecule has 1 rings (SSSR count). The molecule has 0 bridgehead atoms. The zero-order valence-corrected chi connectivity index (χ0v) is 11.8. The van der Waals surface area contributed by atoms with Crippen molar-refractivity contribution in [2.45, 2.75) is 32.7 Å². The topological polar surface area (TPSA) is 35.2 Å². The lowest BCUT2D eigenvalue weighted by atomic mass is 9.98. The third-order valence-electron chi connectivity index (χ3n) is 2.66. The van der Waals surface area contributed by atoms with E-state index in [-0.39, 0.29) is 6.04 Å². The smallest absolute Gasteiger partial charge is 0.133 e. The Bertz CT molecular complexity index is 339. The molecule has 0 saturated carbocycles. The fourth-order valence-corrected chi connectivity index (χ4v) is 2.15. The lowest BCUT2D eigenvalue weighted by Crippen LogP contribution is -2.11. The van der Waals surface area contributed by atoms with E-state index in [2.05, 4.69) is 29.8 Å². The average Bonchev–Trinajstić information content (AvgIpc) is 2.25. The molecule has 0 fully saturated rings. The molecule has 0 heterocycles. The van der Waals surface area contributed by atoms with Gasteiger partial charge in [-0.25, -0.2) is 0 Å². The number of hydrogen-bond acceptors (Lipinski definition) is 2. The first-order chi connectivity index (χ1) is 7.54. The number of rotatable bonds is 5. The summed E-state index contributed by atoms with van der Waals surface area (Å²) >= 11 is 3.48. The minimum atomic E-state index is 0.115. The molecule has 16 heavy (non-hydrogen) atoms. The number of halogens is 1. The van der Waals surface area contributed by atoms with Gasteiger partial charge in [-0.15, -0.1) is 0 Å². The summed E-state index contributed by atoms with van der Waals surface area (Å²) < 4.78 is 6.16. The van der Waals surface area contributed by atoms with Crippen LogP contribution in [-0.2, 0) is 0 Å². The van der Waals surface area contributed by atoms with E-state index in [1.807, 2.05) is 18.2 Å². The molecule has 0 aliphatic rings. The second-order valence-corrected chi connectivity index (χ2v) is 5.33. The normalized spacial score (nSPS) is 12.9. The summed E-state index contributed by atoms with van der Waals surface area (Å²) in [5, 5.41) is 0. The minimum Gasteiger partial charge on any atom is -0.496 e. The molecule has 0 aliphatic heterocycles. The van der Waals surface area contributed by atoms with Crippen molar-refractivity contribution in [2.24, 2.45) is 11.7 Å². The second-order valence-electron chi connectivity index (χ2n) is 4.47. The number of benzene rings is 1. The van der Waals surface area contributed by atoms with Crippen LogP contribution in [0.1, 0.15) is 38.3 Å². The van der Waals surface area contributed by atoms with Gasteiger partial charge in [0.05, 0.1) is 11.6 Å². The third kappa shape index (κ3) is 3.80. The molecule has 0 radical (unpaired) electrons. The summed E-state index contributed by atoms with van der Waals surface area (Å²) in [5.74, 6) is 1.55. The second kappa shape index (κ2) is 6.26. The number of methoxy groups -OCH3 is 1. The molecule has 2 N–H and O–H groups in total. The fraction of sp³-hybridized carbons (Fsp3) is 0.538. The summed E-state index contributed by atoms with van der Waals surface area (Å²) in [6.07, 6.45) is 2.18. The van der Waals surface area contributed by atoms with E-state index in [4.69, 9.17) is 10.5 Å². The van der Waals surface area contributed by atoms with Crippen molar-refractivity contribution in [2.75, 3.05) is 7.11 Å². The van der Waals surface area contributed by atoms with Crippen LogP contribution in [0.3, 0.4) is 0 Å². The highest BCUT2D eigenvalue weighted by Crippen LogP contribution is 2.29. The Morgan fingerprint density at radius 2 is 2.00 bits per heavy atom. The van der Waals surface area contributed by atoms with Gasteiger partial charge in [0.1, 0.15) is 5.75 Å². The SMILES string of the molecule is COc1ccc([C@@H](N)CCC(C)C)cc1Br. The highest BCUT2D eigenvalue weighted by molar-refractivity contribution is 9.10. The van der Waals surface area contributed by atoms with Gasteiger partial charge in [0.15, 0.2) is 0 Å². The van der Waals surface area contributed by atoms with Crippen molar-refractivity contribution in [3.8, 4) is 5.75 Å². The Morgan fingerprint density at radius 1 is 1.31 bits per heavy atom. The Morgan fingerprint density at radius 3 is 2.50 bits per heavy atom. The predicted molar refractivity (Wildman–Crippen MR) is 71.7 cm³/mol. The largest absolute Gasteiger partial charge is 0.496 e. The highest BCUT2D eigenvalue weighted by atomic mass is 79.9. The van der Waals surface area contributed by atoms with Crippen molar-refractivity contribution in [1.82, 2.24) is 0 Å². The fourth-order valence-electron chi connectivity index (χ4n) is 1.59. The van der Waals surface area contributed by atoms with E-state index in [0.29, 0.717) is 5.92 Å². The van der Waals surface area contributed by atoms with Gasteiger partial charge in [0.2, 0.25) is 0 Å². The van der Waals surface area contributed by atoms with E-state index in [1.54, 1.807) is 7.11 Å². The molecule has 1 aromatic carbocycles. The molecule has 0 amide bonds. The van der Waals surface area contributed by atoms with Crippen LogP contribution in [0.25, 0.3) is 0 Å². The van der Waals surface area contributed by atoms with Crippen LogP contribution in [-0.4, -0.2) is 7.11 Å². The van der Waals surface area contributed by atoms with E-state index in [9.17, 15) is 0 Å². The molecule has 1 aromatic rings. The maximum Gasteiger partial charge on any atom is 0.133 e. The zero-order valence-electron chi connectivity index (χ0n) is 10.2. The molecule has 2 nitrogen and oxygen atoms in total. The van der Waals surface area contributed by atoms with Gasteiger partial charge in [0.25, 0.3) is 0 Å². The molecule has 0 aromatic heterocycles. The van der Waals surface area contributed by atoms with Gasteiger partial charge in [-0.1, -0.05) is 19.9 Å². The van der Waals surface area contributed by atoms with Gasteiger partial charge in [-0.3, -0.25) is 0 Å². The van der Waals surface area contributed by atoms with E-state index < -0.39 is 0 Å². The lowest BCUT2D eigenvalue weighted by molar-refractivity contribution is 0.411. The number of nitrogens with two attached hydrogens (primary N) is 1. The standard InChI is InChI=1S/C13H20BrNO/c1-9(2)4-6-12(15)10-5-7-13(16-3)11(14)8-10/h5,7-9,12H,4,6,15H2,1-3H3/t12-/m0/s1. The Labute approximate surface area is 106 Å². The van der Waals surface area contributed by atoms with Crippen LogP contribution >= 0.6 is 15.9 Å². The van der Waals surface area contributed by atoms with E-state index >= 15 is 0 Å². The van der Waals surface area contributed by atoms with Gasteiger partial charge in [-0.2, -0.15) is 0 Å². The van der Waals surface area contributed by atoms with Gasteiger partial charge in [0, 0.05) is 6.04 Å². The van der Waals surface area contributed by atoms with Crippen molar-refractivity contribution in [1.29, 1.82) is 0 Å². The summed E-state index contributed by atoms with van der Waals surface area (Å²) in [7, 11) is 1.67. The van der Waals surface area contributed by atoms with Gasteiger partial charge in [-0.05, 0) is 52.4 Å². The van der Waals surface area contributed by atoms with Crippen molar-refractivity contribution >= 4 is 15.9 Å². The zero-order chi connectivity index (χ0) is 12.1. The Hall–Kier alpha value is -0.540. The summed E-state index contributed by atoms with van der Waals surface area (Å²) in [4.78, 5) is 0. The molecule has 0 aliphatic carbocycles. The predicted octanol–water partition coefficient (Wildman–Crippen LogP) is 3.89. The summed E-state index contributed by atoms with van der Waals surface area (Å²) in [5.41, 5.74) is 7.30. The van der Waals surface area contributed by atoms with Crippen LogP contribution in [0.5, 0.6) is 5.75 Å². The first-order valence-corrected chi connectivity index (χ1v) is 6.43. The quantitative estimate of drug-likeness (QED) is 0.891. The molecular weight excluding hydrogens is 266 g/mol. The number of ether oxygens (including phenoxy) is 1. The van der Waals surface area contributed by atoms with Crippen LogP contribution in [0.15, 0.2) is 22.7 Å². The Kier molecular flexibility index (Phi) is 5.29. The van der Waals surface area contributed by atoms with Crippen molar-refractivity contribution < 1.29 is 4.74 Å². The Balaban J connectivity index is 2.69. The third-order valence-corrected chi connectivity index (χ3v) is 3.28. The maximum atomic E-state index is 6.14. The molecule has 0 unspecified atom stereocenters. The highest BCUT2D eigenvalue weighted by Gasteiger charge is 2.09. The lowest BCUT2D eigenvalue weighted by Gasteiger charge is -2.14.